The molecule has 1 fully saturated rings. The summed E-state index contributed by atoms with van der Waals surface area (Å²) < 4.78 is 0. The summed E-state index contributed by atoms with van der Waals surface area (Å²) in [5.41, 5.74) is 0.666. The van der Waals surface area contributed by atoms with E-state index in [2.05, 4.69) is 21.3 Å². The fourth-order valence-electron chi connectivity index (χ4n) is 4.00. The highest BCUT2D eigenvalue weighted by Crippen LogP contribution is 2.13. The highest BCUT2D eigenvalue weighted by molar-refractivity contribution is 5.94. The fourth-order valence-corrected chi connectivity index (χ4v) is 4.00. The van der Waals surface area contributed by atoms with Crippen molar-refractivity contribution in [2.45, 2.75) is 77.5 Å². The van der Waals surface area contributed by atoms with Crippen molar-refractivity contribution in [2.75, 3.05) is 6.54 Å². The van der Waals surface area contributed by atoms with Crippen molar-refractivity contribution in [1.82, 2.24) is 21.3 Å². The SMILES string of the molecule is CC(C)CC(NC(=O)C(Cc1ccc(O)cc1)NC(=O)C(NC(=O)C1CCCN1)C(C)C)C(=O)O. The molecule has 10 heteroatoms. The molecule has 0 radical (unpaired) electrons. The van der Waals surface area contributed by atoms with E-state index in [1.807, 2.05) is 13.8 Å². The second-order valence-corrected chi connectivity index (χ2v) is 9.84. The zero-order chi connectivity index (χ0) is 26.1. The van der Waals surface area contributed by atoms with Gasteiger partial charge in [0.2, 0.25) is 17.7 Å². The largest absolute Gasteiger partial charge is 0.508 e. The second kappa shape index (κ2) is 13.1. The Morgan fingerprint density at radius 1 is 0.971 bits per heavy atom. The first-order valence-corrected chi connectivity index (χ1v) is 12.1. The summed E-state index contributed by atoms with van der Waals surface area (Å²) >= 11 is 0. The number of carbonyl (C=O) groups excluding carboxylic acids is 3. The van der Waals surface area contributed by atoms with Gasteiger partial charge in [-0.2, -0.15) is 0 Å². The molecule has 194 valence electrons. The van der Waals surface area contributed by atoms with Crippen LogP contribution in [-0.2, 0) is 25.6 Å². The van der Waals surface area contributed by atoms with Crippen molar-refractivity contribution < 1.29 is 29.4 Å². The van der Waals surface area contributed by atoms with Crippen molar-refractivity contribution in [2.24, 2.45) is 11.8 Å². The lowest BCUT2D eigenvalue weighted by Crippen LogP contribution is -2.58. The molecule has 0 spiro atoms. The van der Waals surface area contributed by atoms with Crippen LogP contribution in [0.25, 0.3) is 0 Å². The molecule has 1 aromatic carbocycles. The molecule has 4 unspecified atom stereocenters. The van der Waals surface area contributed by atoms with Crippen LogP contribution in [0.3, 0.4) is 0 Å². The Balaban J connectivity index is 2.20. The number of hydrogen-bond donors (Lipinski definition) is 6. The lowest BCUT2D eigenvalue weighted by Gasteiger charge is -2.27. The molecule has 0 saturated carbocycles. The molecular formula is C25H38N4O6. The van der Waals surface area contributed by atoms with Gasteiger partial charge in [-0.3, -0.25) is 14.4 Å². The van der Waals surface area contributed by atoms with E-state index in [0.29, 0.717) is 12.0 Å². The molecule has 1 aliphatic rings. The predicted molar refractivity (Wildman–Crippen MR) is 131 cm³/mol. The maximum atomic E-state index is 13.2. The molecule has 0 aromatic heterocycles. The molecule has 4 atom stereocenters. The number of carboxylic acids is 1. The van der Waals surface area contributed by atoms with Crippen molar-refractivity contribution in [3.63, 3.8) is 0 Å². The van der Waals surface area contributed by atoms with Gasteiger partial charge >= 0.3 is 5.97 Å². The van der Waals surface area contributed by atoms with Crippen LogP contribution in [0.1, 0.15) is 52.5 Å². The van der Waals surface area contributed by atoms with Gasteiger partial charge < -0.3 is 31.5 Å². The first-order chi connectivity index (χ1) is 16.5. The molecule has 1 saturated heterocycles. The van der Waals surface area contributed by atoms with Gasteiger partial charge in [0.05, 0.1) is 6.04 Å². The first kappa shape index (κ1) is 28.1. The number of carbonyl (C=O) groups is 4. The summed E-state index contributed by atoms with van der Waals surface area (Å²) in [6.45, 7) is 8.04. The Kier molecular flexibility index (Phi) is 10.5. The van der Waals surface area contributed by atoms with Crippen molar-refractivity contribution in [3.8, 4) is 5.75 Å². The summed E-state index contributed by atoms with van der Waals surface area (Å²) in [4.78, 5) is 50.6. The molecule has 0 aliphatic carbocycles. The summed E-state index contributed by atoms with van der Waals surface area (Å²) in [7, 11) is 0. The summed E-state index contributed by atoms with van der Waals surface area (Å²) in [5.74, 6) is -2.73. The standard InChI is InChI=1S/C25H38N4O6/c1-14(2)12-20(25(34)35)28-23(32)19(13-16-7-9-17(30)10-8-16)27-24(33)21(15(3)4)29-22(31)18-6-5-11-26-18/h7-10,14-15,18-21,26,30H,5-6,11-13H2,1-4H3,(H,27,33)(H,28,32)(H,29,31)(H,34,35). The predicted octanol–water partition coefficient (Wildman–Crippen LogP) is 0.928. The van der Waals surface area contributed by atoms with Crippen LogP contribution in [0.2, 0.25) is 0 Å². The Morgan fingerprint density at radius 3 is 2.11 bits per heavy atom. The van der Waals surface area contributed by atoms with Gasteiger partial charge in [-0.05, 0) is 55.3 Å². The number of amides is 3. The molecule has 3 amide bonds. The maximum absolute atomic E-state index is 13.2. The van der Waals surface area contributed by atoms with Crippen molar-refractivity contribution in [3.05, 3.63) is 29.8 Å². The lowest BCUT2D eigenvalue weighted by atomic mass is 9.99. The summed E-state index contributed by atoms with van der Waals surface area (Å²) in [5, 5.41) is 30.2. The highest BCUT2D eigenvalue weighted by atomic mass is 16.4. The lowest BCUT2D eigenvalue weighted by molar-refractivity contribution is -0.142. The minimum absolute atomic E-state index is 0.0336. The van der Waals surface area contributed by atoms with Crippen LogP contribution in [0.4, 0.5) is 0 Å². The van der Waals surface area contributed by atoms with Gasteiger partial charge in [0.25, 0.3) is 0 Å². The van der Waals surface area contributed by atoms with E-state index < -0.39 is 35.9 Å². The van der Waals surface area contributed by atoms with E-state index in [1.54, 1.807) is 26.0 Å². The van der Waals surface area contributed by atoms with E-state index in [0.717, 1.165) is 13.0 Å². The van der Waals surface area contributed by atoms with Crippen LogP contribution >= 0.6 is 0 Å². The van der Waals surface area contributed by atoms with E-state index in [4.69, 9.17) is 0 Å². The van der Waals surface area contributed by atoms with Gasteiger partial charge in [0.1, 0.15) is 23.9 Å². The highest BCUT2D eigenvalue weighted by Gasteiger charge is 2.33. The third-order valence-electron chi connectivity index (χ3n) is 5.95. The zero-order valence-electron chi connectivity index (χ0n) is 20.8. The van der Waals surface area contributed by atoms with Crippen LogP contribution in [0.5, 0.6) is 5.75 Å². The van der Waals surface area contributed by atoms with E-state index in [9.17, 15) is 29.4 Å². The molecule has 0 bridgehead atoms. The molecule has 1 heterocycles. The maximum Gasteiger partial charge on any atom is 0.326 e. The fraction of sp³-hybridized carbons (Fsp3) is 0.600. The van der Waals surface area contributed by atoms with Crippen LogP contribution in [-0.4, -0.2) is 64.6 Å². The summed E-state index contributed by atoms with van der Waals surface area (Å²) in [6, 6.07) is 2.78. The number of phenolic OH excluding ortho intramolecular Hbond substituents is 1. The summed E-state index contributed by atoms with van der Waals surface area (Å²) in [6.07, 6.45) is 1.89. The Labute approximate surface area is 206 Å². The number of carboxylic acid groups (broad SMARTS) is 1. The van der Waals surface area contributed by atoms with Crippen molar-refractivity contribution in [1.29, 1.82) is 0 Å². The van der Waals surface area contributed by atoms with Crippen LogP contribution in [0, 0.1) is 11.8 Å². The van der Waals surface area contributed by atoms with Crippen LogP contribution in [0.15, 0.2) is 24.3 Å². The number of phenols is 1. The monoisotopic (exact) mass is 490 g/mol. The van der Waals surface area contributed by atoms with Gasteiger partial charge in [-0.25, -0.2) is 4.79 Å². The second-order valence-electron chi connectivity index (χ2n) is 9.84. The van der Waals surface area contributed by atoms with Crippen molar-refractivity contribution >= 4 is 23.7 Å². The molecular weight excluding hydrogens is 452 g/mol. The number of nitrogens with one attached hydrogen (secondary N) is 4. The van der Waals surface area contributed by atoms with Crippen LogP contribution < -0.4 is 21.3 Å². The third kappa shape index (κ3) is 8.86. The Hall–Kier alpha value is -3.14. The topological polar surface area (TPSA) is 157 Å². The average molecular weight is 491 g/mol. The minimum atomic E-state index is -1.15. The van der Waals surface area contributed by atoms with Gasteiger partial charge in [-0.1, -0.05) is 39.8 Å². The van der Waals surface area contributed by atoms with Gasteiger partial charge in [0, 0.05) is 6.42 Å². The third-order valence-corrected chi connectivity index (χ3v) is 5.95. The molecule has 1 aromatic rings. The first-order valence-electron chi connectivity index (χ1n) is 12.1. The zero-order valence-corrected chi connectivity index (χ0v) is 20.8. The minimum Gasteiger partial charge on any atom is -0.508 e. The molecule has 6 N–H and O–H groups in total. The molecule has 10 nitrogen and oxygen atoms in total. The van der Waals surface area contributed by atoms with E-state index in [-0.39, 0.29) is 42.4 Å². The number of aliphatic carboxylic acids is 1. The average Bonchev–Trinajstić information content (AvgIpc) is 3.32. The smallest absolute Gasteiger partial charge is 0.326 e. The molecule has 1 aliphatic heterocycles. The normalized spacial score (nSPS) is 18.1. The van der Waals surface area contributed by atoms with Gasteiger partial charge in [-0.15, -0.1) is 0 Å². The van der Waals surface area contributed by atoms with E-state index in [1.165, 1.54) is 12.1 Å². The number of rotatable bonds is 12. The Bertz CT molecular complexity index is 880. The Morgan fingerprint density at radius 2 is 1.60 bits per heavy atom. The van der Waals surface area contributed by atoms with E-state index >= 15 is 0 Å². The number of hydrogen-bond acceptors (Lipinski definition) is 6. The van der Waals surface area contributed by atoms with Gasteiger partial charge in [0.15, 0.2) is 0 Å². The number of benzene rings is 1. The molecule has 2 rings (SSSR count). The number of aromatic hydroxyl groups is 1. The molecule has 35 heavy (non-hydrogen) atoms. The quantitative estimate of drug-likeness (QED) is 0.254.